The molecule has 37 heavy (non-hydrogen) atoms. The molecule has 2 fully saturated rings. The third-order valence-corrected chi connectivity index (χ3v) is 7.43. The number of nitrogens with one attached hydrogen (secondary N) is 1. The molecule has 1 N–H and O–H groups in total. The number of benzene rings is 2. The van der Waals surface area contributed by atoms with Crippen molar-refractivity contribution in [2.45, 2.75) is 45.5 Å². The van der Waals surface area contributed by atoms with Crippen LogP contribution < -0.4 is 15.9 Å². The monoisotopic (exact) mass is 520 g/mol. The maximum Gasteiger partial charge on any atom is 0.532 e. The lowest BCUT2D eigenvalue weighted by Crippen LogP contribution is -2.41. The van der Waals surface area contributed by atoms with Gasteiger partial charge >= 0.3 is 7.12 Å². The average molecular weight is 520 g/mol. The van der Waals surface area contributed by atoms with Crippen LogP contribution in [-0.2, 0) is 25.4 Å². The Morgan fingerprint density at radius 3 is 2.22 bits per heavy atom. The summed E-state index contributed by atoms with van der Waals surface area (Å²) < 4.78 is 29.4. The van der Waals surface area contributed by atoms with Gasteiger partial charge in [-0.25, -0.2) is 0 Å². The highest BCUT2D eigenvalue weighted by atomic mass is 32.1. The zero-order valence-electron chi connectivity index (χ0n) is 21.8. The van der Waals surface area contributed by atoms with Crippen molar-refractivity contribution in [2.24, 2.45) is 0 Å². The van der Waals surface area contributed by atoms with Gasteiger partial charge in [0.25, 0.3) is 5.17 Å². The molecule has 7 nitrogen and oxygen atoms in total. The highest BCUT2D eigenvalue weighted by molar-refractivity contribution is 7.80. The molecule has 0 atom stereocenters. The standard InChI is InChI=1S/C28H33BN2O5S/c1-27(2)28(3,4)36-29(35-27)25-14-13-24(34-25)21-7-5-20(6-8-21)19-33-26(37)30-22-9-11-23(12-10-22)31-15-17-32-18-16-31/h5-14H,15-19H2,1-4H3,(H,30,37). The summed E-state index contributed by atoms with van der Waals surface area (Å²) in [6, 6.07) is 20.1. The van der Waals surface area contributed by atoms with E-state index < -0.39 is 18.3 Å². The zero-order chi connectivity index (χ0) is 26.0. The van der Waals surface area contributed by atoms with E-state index in [0.717, 1.165) is 48.9 Å². The van der Waals surface area contributed by atoms with Crippen LogP contribution in [0.2, 0.25) is 0 Å². The minimum Gasteiger partial charge on any atom is -0.466 e. The molecule has 0 bridgehead atoms. The highest BCUT2D eigenvalue weighted by Gasteiger charge is 2.53. The van der Waals surface area contributed by atoms with Crippen molar-refractivity contribution in [3.8, 4) is 11.3 Å². The summed E-state index contributed by atoms with van der Waals surface area (Å²) in [4.78, 5) is 2.31. The molecule has 0 aliphatic carbocycles. The van der Waals surface area contributed by atoms with E-state index in [1.807, 2.05) is 76.2 Å². The van der Waals surface area contributed by atoms with Crippen molar-refractivity contribution in [1.82, 2.24) is 0 Å². The average Bonchev–Trinajstić information content (AvgIpc) is 3.46. The van der Waals surface area contributed by atoms with Gasteiger partial charge in [-0.2, -0.15) is 0 Å². The first kappa shape index (κ1) is 25.8. The third kappa shape index (κ3) is 5.85. The molecule has 3 heterocycles. The Labute approximate surface area is 224 Å². The van der Waals surface area contributed by atoms with Gasteiger partial charge in [0.15, 0.2) is 0 Å². The number of furan rings is 1. The van der Waals surface area contributed by atoms with E-state index in [-0.39, 0.29) is 0 Å². The van der Waals surface area contributed by atoms with Crippen LogP contribution >= 0.6 is 12.2 Å². The van der Waals surface area contributed by atoms with Crippen LogP contribution in [0.3, 0.4) is 0 Å². The first-order valence-corrected chi connectivity index (χ1v) is 13.0. The van der Waals surface area contributed by atoms with Crippen LogP contribution in [-0.4, -0.2) is 49.8 Å². The Bertz CT molecular complexity index is 1200. The number of hydrogen-bond donors (Lipinski definition) is 1. The Balaban J connectivity index is 1.12. The van der Waals surface area contributed by atoms with Crippen LogP contribution in [0.5, 0.6) is 0 Å². The molecule has 0 amide bonds. The number of morpholine rings is 1. The smallest absolute Gasteiger partial charge is 0.466 e. The lowest BCUT2D eigenvalue weighted by molar-refractivity contribution is 0.00578. The van der Waals surface area contributed by atoms with Gasteiger partial charge in [-0.3, -0.25) is 0 Å². The number of ether oxygens (including phenoxy) is 2. The van der Waals surface area contributed by atoms with Crippen molar-refractivity contribution < 1.29 is 23.2 Å². The van der Waals surface area contributed by atoms with E-state index in [4.69, 9.17) is 35.4 Å². The van der Waals surface area contributed by atoms with E-state index in [2.05, 4.69) is 22.3 Å². The fourth-order valence-electron chi connectivity index (χ4n) is 4.24. The number of hydrogen-bond acceptors (Lipinski definition) is 7. The van der Waals surface area contributed by atoms with E-state index in [9.17, 15) is 0 Å². The maximum atomic E-state index is 6.09. The second-order valence-electron chi connectivity index (χ2n) is 10.3. The second kappa shape index (κ2) is 10.5. The molecule has 194 valence electrons. The van der Waals surface area contributed by atoms with E-state index in [0.29, 0.717) is 17.4 Å². The molecule has 0 saturated carbocycles. The SMILES string of the molecule is CC1(C)OB(c2ccc(-c3ccc(COC(=S)Nc4ccc(N5CCOCC5)cc4)cc3)o2)OC1(C)C. The molecule has 2 saturated heterocycles. The molecule has 9 heteroatoms. The van der Waals surface area contributed by atoms with Crippen molar-refractivity contribution in [1.29, 1.82) is 0 Å². The summed E-state index contributed by atoms with van der Waals surface area (Å²) >= 11 is 5.38. The van der Waals surface area contributed by atoms with Gasteiger partial charge in [-0.1, -0.05) is 24.3 Å². The zero-order valence-corrected chi connectivity index (χ0v) is 22.6. The predicted octanol–water partition coefficient (Wildman–Crippen LogP) is 5.00. The minimum atomic E-state index is -0.518. The predicted molar refractivity (Wildman–Crippen MR) is 150 cm³/mol. The van der Waals surface area contributed by atoms with Gasteiger partial charge in [0, 0.05) is 30.0 Å². The first-order chi connectivity index (χ1) is 17.7. The molecule has 2 aromatic carbocycles. The number of rotatable bonds is 6. The Kier molecular flexibility index (Phi) is 7.31. The van der Waals surface area contributed by atoms with Crippen LogP contribution in [0.25, 0.3) is 11.3 Å². The lowest BCUT2D eigenvalue weighted by atomic mass is 9.86. The molecule has 5 rings (SSSR count). The maximum absolute atomic E-state index is 6.09. The normalized spacial score (nSPS) is 18.6. The minimum absolute atomic E-state index is 0.335. The van der Waals surface area contributed by atoms with Crippen molar-refractivity contribution >= 4 is 41.5 Å². The van der Waals surface area contributed by atoms with Gasteiger partial charge in [0.05, 0.1) is 24.4 Å². The van der Waals surface area contributed by atoms with E-state index >= 15 is 0 Å². The Hall–Kier alpha value is -2.85. The second-order valence-corrected chi connectivity index (χ2v) is 10.7. The summed E-state index contributed by atoms with van der Waals surface area (Å²) in [5.74, 6) is 0.759. The summed E-state index contributed by atoms with van der Waals surface area (Å²) in [6.07, 6.45) is 0. The third-order valence-electron chi connectivity index (χ3n) is 7.21. The fourth-order valence-corrected chi connectivity index (χ4v) is 4.42. The summed E-state index contributed by atoms with van der Waals surface area (Å²) in [6.45, 7) is 11.8. The summed E-state index contributed by atoms with van der Waals surface area (Å²) in [5.41, 5.74) is 3.90. The van der Waals surface area contributed by atoms with Crippen molar-refractivity contribution in [3.05, 3.63) is 66.2 Å². The largest absolute Gasteiger partial charge is 0.532 e. The number of anilines is 2. The molecular formula is C28H33BN2O5S. The van der Waals surface area contributed by atoms with Crippen molar-refractivity contribution in [3.63, 3.8) is 0 Å². The van der Waals surface area contributed by atoms with Gasteiger partial charge < -0.3 is 33.4 Å². The van der Waals surface area contributed by atoms with Crippen molar-refractivity contribution in [2.75, 3.05) is 36.5 Å². The molecule has 2 aliphatic rings. The lowest BCUT2D eigenvalue weighted by Gasteiger charge is -2.32. The van der Waals surface area contributed by atoms with Gasteiger partial charge in [0.1, 0.15) is 18.0 Å². The van der Waals surface area contributed by atoms with Gasteiger partial charge in [0.2, 0.25) is 0 Å². The molecule has 0 unspecified atom stereocenters. The summed E-state index contributed by atoms with van der Waals surface area (Å²) in [5, 5.41) is 3.48. The Morgan fingerprint density at radius 2 is 1.57 bits per heavy atom. The quantitative estimate of drug-likeness (QED) is 0.360. The van der Waals surface area contributed by atoms with Crippen LogP contribution in [0, 0.1) is 0 Å². The van der Waals surface area contributed by atoms with Crippen LogP contribution in [0.1, 0.15) is 33.3 Å². The molecule has 0 spiro atoms. The highest BCUT2D eigenvalue weighted by Crippen LogP contribution is 2.37. The molecule has 2 aliphatic heterocycles. The molecular weight excluding hydrogens is 487 g/mol. The summed E-state index contributed by atoms with van der Waals surface area (Å²) in [7, 11) is -0.518. The van der Waals surface area contributed by atoms with Gasteiger partial charge in [-0.15, -0.1) is 0 Å². The number of nitrogens with zero attached hydrogens (tertiary/aromatic N) is 1. The van der Waals surface area contributed by atoms with Crippen LogP contribution in [0.15, 0.2) is 65.1 Å². The first-order valence-electron chi connectivity index (χ1n) is 12.6. The van der Waals surface area contributed by atoms with E-state index in [1.165, 1.54) is 5.69 Å². The molecule has 0 radical (unpaired) electrons. The molecule has 1 aromatic heterocycles. The van der Waals surface area contributed by atoms with Crippen LogP contribution in [0.4, 0.5) is 11.4 Å². The molecule has 3 aromatic rings. The van der Waals surface area contributed by atoms with E-state index in [1.54, 1.807) is 0 Å². The van der Waals surface area contributed by atoms with Gasteiger partial charge in [-0.05, 0) is 81.9 Å². The topological polar surface area (TPSA) is 65.3 Å². The number of thiocarbonyl (C=S) groups is 1. The fraction of sp³-hybridized carbons (Fsp3) is 0.393. The Morgan fingerprint density at radius 1 is 0.919 bits per heavy atom.